The van der Waals surface area contributed by atoms with Crippen LogP contribution in [0.4, 0.5) is 0 Å². The first-order valence-corrected chi connectivity index (χ1v) is 12.9. The monoisotopic (exact) mass is 498 g/mol. The molecule has 7 nitrogen and oxygen atoms in total. The van der Waals surface area contributed by atoms with E-state index in [1.165, 1.54) is 18.2 Å². The maximum Gasteiger partial charge on any atom is 0.339 e. The number of ether oxygens (including phenoxy) is 4. The molecular weight excluding hydrogens is 460 g/mol. The zero-order chi connectivity index (χ0) is 26.0. The van der Waals surface area contributed by atoms with Crippen LogP contribution in [0.25, 0.3) is 0 Å². The fourth-order valence-electron chi connectivity index (χ4n) is 3.45. The molecule has 0 amide bonds. The van der Waals surface area contributed by atoms with Gasteiger partial charge < -0.3 is 18.9 Å². The number of unbranched alkanes of at least 4 members (excludes halogenated alkanes) is 6. The number of esters is 3. The van der Waals surface area contributed by atoms with Gasteiger partial charge in [0.05, 0.1) is 29.9 Å². The molecule has 0 saturated heterocycles. The number of hydrogen-bond donors (Lipinski definition) is 0. The molecule has 0 radical (unpaired) electrons. The summed E-state index contributed by atoms with van der Waals surface area (Å²) in [6, 6.07) is 13.4. The highest BCUT2D eigenvalue weighted by Gasteiger charge is 2.22. The molecule has 0 saturated carbocycles. The fourth-order valence-corrected chi connectivity index (χ4v) is 3.45. The van der Waals surface area contributed by atoms with Crippen molar-refractivity contribution in [2.24, 2.45) is 0 Å². The standard InChI is InChI=1S/C29H38O7/c1-3-5-7-12-18-34-27(30)23-16-17-25(28(31)35-19-13-8-6-4-2)26(22-23)29(32)36-21-20-33-24-14-10-9-11-15-24/h9-11,14-17,22H,3-8,12-13,18-21H2,1-2H3. The second-order valence-electron chi connectivity index (χ2n) is 8.45. The number of carbonyl (C=O) groups excluding carboxylic acids is 3. The highest BCUT2D eigenvalue weighted by molar-refractivity contribution is 6.05. The quantitative estimate of drug-likeness (QED) is 0.142. The predicted octanol–water partition coefficient (Wildman–Crippen LogP) is 6.40. The smallest absolute Gasteiger partial charge is 0.339 e. The summed E-state index contributed by atoms with van der Waals surface area (Å²) in [5, 5.41) is 0. The lowest BCUT2D eigenvalue weighted by Gasteiger charge is -2.12. The molecule has 2 aromatic carbocycles. The van der Waals surface area contributed by atoms with Crippen LogP contribution in [0.3, 0.4) is 0 Å². The van der Waals surface area contributed by atoms with Gasteiger partial charge in [-0.2, -0.15) is 0 Å². The topological polar surface area (TPSA) is 88.1 Å². The minimum atomic E-state index is -0.734. The minimum Gasteiger partial charge on any atom is -0.490 e. The van der Waals surface area contributed by atoms with Crippen LogP contribution >= 0.6 is 0 Å². The van der Waals surface area contributed by atoms with Gasteiger partial charge in [0.2, 0.25) is 0 Å². The van der Waals surface area contributed by atoms with Gasteiger partial charge in [-0.1, -0.05) is 70.6 Å². The van der Waals surface area contributed by atoms with E-state index in [2.05, 4.69) is 13.8 Å². The van der Waals surface area contributed by atoms with Gasteiger partial charge >= 0.3 is 17.9 Å². The lowest BCUT2D eigenvalue weighted by atomic mass is 10.0. The molecule has 196 valence electrons. The Balaban J connectivity index is 2.04. The molecular formula is C29H38O7. The third kappa shape index (κ3) is 10.5. The van der Waals surface area contributed by atoms with Crippen LogP contribution in [0.2, 0.25) is 0 Å². The Kier molecular flexibility index (Phi) is 13.8. The third-order valence-corrected chi connectivity index (χ3v) is 5.49. The largest absolute Gasteiger partial charge is 0.490 e. The Morgan fingerprint density at radius 1 is 0.583 bits per heavy atom. The summed E-state index contributed by atoms with van der Waals surface area (Å²) in [4.78, 5) is 38.1. The average molecular weight is 499 g/mol. The van der Waals surface area contributed by atoms with E-state index in [0.29, 0.717) is 12.4 Å². The summed E-state index contributed by atoms with van der Waals surface area (Å²) in [7, 11) is 0. The zero-order valence-electron chi connectivity index (χ0n) is 21.5. The van der Waals surface area contributed by atoms with Gasteiger partial charge in [0.1, 0.15) is 19.0 Å². The normalized spacial score (nSPS) is 10.5. The van der Waals surface area contributed by atoms with Gasteiger partial charge in [-0.05, 0) is 43.2 Å². The van der Waals surface area contributed by atoms with Crippen LogP contribution in [0.5, 0.6) is 5.75 Å². The first-order chi connectivity index (χ1) is 17.6. The minimum absolute atomic E-state index is 0.0225. The second-order valence-corrected chi connectivity index (χ2v) is 8.45. The van der Waals surface area contributed by atoms with Crippen LogP contribution in [-0.2, 0) is 14.2 Å². The zero-order valence-corrected chi connectivity index (χ0v) is 21.5. The van der Waals surface area contributed by atoms with Gasteiger partial charge in [0, 0.05) is 0 Å². The fraction of sp³-hybridized carbons (Fsp3) is 0.483. The van der Waals surface area contributed by atoms with Crippen molar-refractivity contribution in [3.8, 4) is 5.75 Å². The van der Waals surface area contributed by atoms with Gasteiger partial charge in [0.25, 0.3) is 0 Å². The van der Waals surface area contributed by atoms with E-state index in [1.807, 2.05) is 18.2 Å². The van der Waals surface area contributed by atoms with Crippen molar-refractivity contribution < 1.29 is 33.3 Å². The molecule has 0 atom stereocenters. The molecule has 7 heteroatoms. The van der Waals surface area contributed by atoms with Gasteiger partial charge in [-0.15, -0.1) is 0 Å². The van der Waals surface area contributed by atoms with Crippen LogP contribution in [0.15, 0.2) is 48.5 Å². The summed E-state index contributed by atoms with van der Waals surface area (Å²) in [5.74, 6) is -1.25. The predicted molar refractivity (Wildman–Crippen MR) is 138 cm³/mol. The maximum atomic E-state index is 12.9. The lowest BCUT2D eigenvalue weighted by Crippen LogP contribution is -2.18. The number of carbonyl (C=O) groups is 3. The molecule has 0 aliphatic heterocycles. The molecule has 0 bridgehead atoms. The van der Waals surface area contributed by atoms with Crippen molar-refractivity contribution >= 4 is 17.9 Å². The Bertz CT molecular complexity index is 940. The molecule has 0 aliphatic carbocycles. The summed E-state index contributed by atoms with van der Waals surface area (Å²) >= 11 is 0. The van der Waals surface area contributed by atoms with Crippen LogP contribution < -0.4 is 4.74 Å². The molecule has 2 aromatic rings. The van der Waals surface area contributed by atoms with Crippen molar-refractivity contribution in [3.63, 3.8) is 0 Å². The number of benzene rings is 2. The van der Waals surface area contributed by atoms with E-state index >= 15 is 0 Å². The average Bonchev–Trinajstić information content (AvgIpc) is 2.90. The van der Waals surface area contributed by atoms with Crippen LogP contribution in [0, 0.1) is 0 Å². The Morgan fingerprint density at radius 2 is 1.17 bits per heavy atom. The molecule has 0 aromatic heterocycles. The lowest BCUT2D eigenvalue weighted by molar-refractivity contribution is 0.0421. The van der Waals surface area contributed by atoms with Crippen molar-refractivity contribution in [2.75, 3.05) is 26.4 Å². The van der Waals surface area contributed by atoms with E-state index in [0.717, 1.165) is 51.4 Å². The van der Waals surface area contributed by atoms with E-state index in [1.54, 1.807) is 12.1 Å². The molecule has 0 N–H and O–H groups in total. The first-order valence-electron chi connectivity index (χ1n) is 12.9. The highest BCUT2D eigenvalue weighted by Crippen LogP contribution is 2.17. The van der Waals surface area contributed by atoms with Gasteiger partial charge in [-0.25, -0.2) is 14.4 Å². The summed E-state index contributed by atoms with van der Waals surface area (Å²) in [5.41, 5.74) is 0.199. The van der Waals surface area contributed by atoms with E-state index in [9.17, 15) is 14.4 Å². The molecule has 36 heavy (non-hydrogen) atoms. The molecule has 2 rings (SSSR count). The van der Waals surface area contributed by atoms with E-state index < -0.39 is 17.9 Å². The van der Waals surface area contributed by atoms with Crippen LogP contribution in [0.1, 0.15) is 96.3 Å². The summed E-state index contributed by atoms with van der Waals surface area (Å²) in [6.45, 7) is 4.90. The van der Waals surface area contributed by atoms with Crippen molar-refractivity contribution in [1.29, 1.82) is 0 Å². The molecule has 0 aliphatic rings. The Hall–Kier alpha value is -3.35. The third-order valence-electron chi connectivity index (χ3n) is 5.49. The molecule has 0 spiro atoms. The Morgan fingerprint density at radius 3 is 1.81 bits per heavy atom. The second kappa shape index (κ2) is 17.1. The van der Waals surface area contributed by atoms with E-state index in [4.69, 9.17) is 18.9 Å². The molecule has 0 heterocycles. The Labute approximate surface area is 214 Å². The van der Waals surface area contributed by atoms with Gasteiger partial charge in [-0.3, -0.25) is 0 Å². The number of para-hydroxylation sites is 1. The summed E-state index contributed by atoms with van der Waals surface area (Å²) < 4.78 is 21.6. The maximum absolute atomic E-state index is 12.9. The van der Waals surface area contributed by atoms with Crippen molar-refractivity contribution in [3.05, 3.63) is 65.2 Å². The van der Waals surface area contributed by atoms with Crippen LogP contribution in [-0.4, -0.2) is 44.3 Å². The number of hydrogen-bond acceptors (Lipinski definition) is 7. The number of rotatable bonds is 17. The van der Waals surface area contributed by atoms with Crippen molar-refractivity contribution in [1.82, 2.24) is 0 Å². The van der Waals surface area contributed by atoms with E-state index in [-0.39, 0.29) is 36.5 Å². The van der Waals surface area contributed by atoms with Gasteiger partial charge in [0.15, 0.2) is 0 Å². The SMILES string of the molecule is CCCCCCOC(=O)c1ccc(C(=O)OCCCCCC)c(C(=O)OCCOc2ccccc2)c1. The highest BCUT2D eigenvalue weighted by atomic mass is 16.6. The molecule has 0 unspecified atom stereocenters. The molecule has 0 fully saturated rings. The van der Waals surface area contributed by atoms with Crippen molar-refractivity contribution in [2.45, 2.75) is 65.2 Å². The first kappa shape index (κ1) is 28.9. The summed E-state index contributed by atoms with van der Waals surface area (Å²) in [6.07, 6.45) is 7.78.